The first kappa shape index (κ1) is 88.0. The second kappa shape index (κ2) is 65.0. The summed E-state index contributed by atoms with van der Waals surface area (Å²) in [5.41, 5.74) is 5.93. The largest absolute Gasteiger partial charge is 0.508 e. The number of halogens is 4. The Balaban J connectivity index is -0.000000173. The molecule has 7 aromatic carbocycles. The molecule has 0 aliphatic carbocycles. The third-order valence-corrected chi connectivity index (χ3v) is 10.7. The zero-order chi connectivity index (χ0) is 59.0. The van der Waals surface area contributed by atoms with Crippen molar-refractivity contribution < 1.29 is 39.7 Å². The van der Waals surface area contributed by atoms with Gasteiger partial charge in [-0.1, -0.05) is 250 Å². The fourth-order valence-corrected chi connectivity index (χ4v) is 6.42. The number of aromatic hydroxyl groups is 1. The number of aromatic nitrogens is 1. The van der Waals surface area contributed by atoms with Gasteiger partial charge in [0.15, 0.2) is 0 Å². The van der Waals surface area contributed by atoms with Gasteiger partial charge in [-0.25, -0.2) is 4.98 Å². The van der Waals surface area contributed by atoms with E-state index >= 15 is 0 Å². The van der Waals surface area contributed by atoms with Gasteiger partial charge in [0, 0.05) is 52.5 Å². The zero-order valence-corrected chi connectivity index (χ0v) is 53.4. The first-order valence-electron chi connectivity index (χ1n) is 27.1. The number of benzene rings is 7. The van der Waals surface area contributed by atoms with Crippen LogP contribution in [0.1, 0.15) is 120 Å². The van der Waals surface area contributed by atoms with Crippen molar-refractivity contribution in [2.75, 3.05) is 40.6 Å². The van der Waals surface area contributed by atoms with Crippen molar-refractivity contribution in [2.24, 2.45) is 0 Å². The Morgan fingerprint density at radius 1 is 0.446 bits per heavy atom. The molecule has 1 N–H and O–H groups in total. The van der Waals surface area contributed by atoms with Crippen LogP contribution in [-0.2, 0) is 28.6 Å². The topological polar surface area (TPSA) is 88.5 Å². The summed E-state index contributed by atoms with van der Waals surface area (Å²) in [7, 11) is 3.34. The van der Waals surface area contributed by atoms with E-state index in [4.69, 9.17) is 45.1 Å². The molecule has 0 saturated carbocycles. The number of nitrogens with zero attached hydrogens (tertiary/aromatic N) is 1. The molecule has 0 saturated heterocycles. The lowest BCUT2D eigenvalue weighted by atomic mass is 10.2. The lowest BCUT2D eigenvalue weighted by Crippen LogP contribution is -2.04. The summed E-state index contributed by atoms with van der Waals surface area (Å²) in [4.78, 5) is 4.14. The molecule has 464 valence electrons. The molecule has 0 aliphatic rings. The normalized spacial score (nSPS) is 8.61. The van der Waals surface area contributed by atoms with Crippen molar-refractivity contribution in [3.63, 3.8) is 0 Å². The highest BCUT2D eigenvalue weighted by atomic mass is 79.9. The maximum atomic E-state index is 8.63. The van der Waals surface area contributed by atoms with E-state index in [2.05, 4.69) is 75.0 Å². The highest BCUT2D eigenvalue weighted by molar-refractivity contribution is 9.10. The third-order valence-electron chi connectivity index (χ3n) is 9.43. The summed E-state index contributed by atoms with van der Waals surface area (Å²) in [6, 6.07) is 66.5. The van der Waals surface area contributed by atoms with Crippen LogP contribution in [0, 0.1) is 13.8 Å². The van der Waals surface area contributed by atoms with Crippen LogP contribution in [0.2, 0.25) is 0 Å². The predicted molar refractivity (Wildman–Crippen MR) is 368 cm³/mol. The number of rotatable bonds is 17. The Morgan fingerprint density at radius 3 is 1.13 bits per heavy atom. The van der Waals surface area contributed by atoms with Crippen LogP contribution < -0.4 is 18.9 Å². The van der Waals surface area contributed by atoms with Crippen LogP contribution in [0.4, 0.5) is 4.70 Å². The molecule has 0 spiro atoms. The van der Waals surface area contributed by atoms with E-state index in [1.807, 2.05) is 213 Å². The van der Waals surface area contributed by atoms with Crippen LogP contribution in [-0.4, -0.2) is 50.7 Å². The predicted octanol–water partition coefficient (Wildman–Crippen LogP) is 22.5. The monoisotopic (exact) mass is 1300 g/mol. The molecule has 8 aromatic rings. The smallest absolute Gasteiger partial charge is 0.213 e. The number of hydrogen-bond acceptors (Lipinski definition) is 8. The average Bonchev–Trinajstić information content (AvgIpc) is 3.52. The van der Waals surface area contributed by atoms with Gasteiger partial charge in [-0.15, -0.1) is 11.6 Å². The minimum atomic E-state index is 0. The number of hydrogen-bond donors (Lipinski definition) is 1. The van der Waals surface area contributed by atoms with E-state index in [-0.39, 0.29) is 28.4 Å². The summed E-state index contributed by atoms with van der Waals surface area (Å²) in [5, 5.41) is 8.63. The van der Waals surface area contributed by atoms with Crippen molar-refractivity contribution in [3.8, 4) is 28.9 Å². The molecule has 83 heavy (non-hydrogen) atoms. The summed E-state index contributed by atoms with van der Waals surface area (Å²) in [5.74, 6) is 4.16. The minimum absolute atomic E-state index is 0. The maximum absolute atomic E-state index is 8.63. The van der Waals surface area contributed by atoms with E-state index < -0.39 is 0 Å². The number of phenolic OH excluding ortho intramolecular Hbond substituents is 1. The number of alkyl halides is 1. The quantitative estimate of drug-likeness (QED) is 0.0713. The van der Waals surface area contributed by atoms with Crippen molar-refractivity contribution in [2.45, 2.75) is 123 Å². The van der Waals surface area contributed by atoms with Crippen LogP contribution in [0.5, 0.6) is 28.9 Å². The van der Waals surface area contributed by atoms with Gasteiger partial charge in [0.2, 0.25) is 5.88 Å². The van der Waals surface area contributed by atoms with Crippen molar-refractivity contribution in [3.05, 3.63) is 249 Å². The number of ether oxygens (including phenoxy) is 6. The van der Waals surface area contributed by atoms with Gasteiger partial charge >= 0.3 is 0 Å². The minimum Gasteiger partial charge on any atom is -0.508 e. The standard InChI is InChI=1S/C17H19BrO3.C16H18BrNO3.C7H7Cl.2C7H8.C6H6O.4C2H6.3CH4.FH.H2/c1-19-17-6-3-2-5-14(17)13-20-11-4-12-21-16-9-7-15(18)8-10-16;1-19-15-6-3-2-5-13(15)12-20-9-4-10-21-16-8-7-14(17)11-18-16;8-6-7-4-2-1-3-5-7;2*1-7-5-3-2-4-6-7;7-6-4-2-1-3-5-6;4*1-2;;;;;/h2-3,5-10H,4,11-13H2,1H3;2-3,5-8,11H,4,9-10,12H2,1H3;1-5H,6H2;2*2-6H,1H3;1-5,7H;4*1-2H3;3*1H4;2*1H/i;;;;;;;;;;;;;;1+1. The lowest BCUT2D eigenvalue weighted by molar-refractivity contribution is 0.105. The molecule has 0 unspecified atom stereocenters. The van der Waals surface area contributed by atoms with Gasteiger partial charge in [0.1, 0.15) is 23.0 Å². The second-order valence-corrected chi connectivity index (χ2v) is 17.3. The highest BCUT2D eigenvalue weighted by Crippen LogP contribution is 2.20. The summed E-state index contributed by atoms with van der Waals surface area (Å²) in [6.07, 6.45) is 3.38. The Labute approximate surface area is 527 Å². The van der Waals surface area contributed by atoms with Gasteiger partial charge in [-0.2, -0.15) is 0 Å². The van der Waals surface area contributed by atoms with Crippen LogP contribution in [0.25, 0.3) is 0 Å². The van der Waals surface area contributed by atoms with Gasteiger partial charge in [-0.05, 0) is 89.9 Å². The van der Waals surface area contributed by atoms with Crippen molar-refractivity contribution in [1.29, 1.82) is 0 Å². The second-order valence-electron chi connectivity index (χ2n) is 15.2. The van der Waals surface area contributed by atoms with E-state index in [9.17, 15) is 0 Å². The molecular weight excluding hydrogens is 1190 g/mol. The molecule has 0 fully saturated rings. The van der Waals surface area contributed by atoms with E-state index in [1.54, 1.807) is 44.7 Å². The van der Waals surface area contributed by atoms with Gasteiger partial charge in [-0.3, -0.25) is 4.70 Å². The summed E-state index contributed by atoms with van der Waals surface area (Å²) >= 11 is 12.3. The Hall–Kier alpha value is -6.21. The zero-order valence-electron chi connectivity index (χ0n) is 49.5. The van der Waals surface area contributed by atoms with E-state index in [0.29, 0.717) is 57.2 Å². The molecule has 12 heteroatoms. The van der Waals surface area contributed by atoms with Gasteiger partial charge in [0.25, 0.3) is 0 Å². The first-order valence-corrected chi connectivity index (χ1v) is 29.2. The first-order chi connectivity index (χ1) is 38.7. The molecule has 0 aliphatic heterocycles. The van der Waals surface area contributed by atoms with Crippen LogP contribution in [0.3, 0.4) is 0 Å². The Bertz CT molecular complexity index is 2320. The fourth-order valence-electron chi connectivity index (χ4n) is 5.74. The average molecular weight is 1300 g/mol. The molecule has 0 radical (unpaired) electrons. The van der Waals surface area contributed by atoms with Crippen molar-refractivity contribution in [1.82, 2.24) is 4.98 Å². The highest BCUT2D eigenvalue weighted by Gasteiger charge is 2.03. The van der Waals surface area contributed by atoms with E-state index in [0.717, 1.165) is 50.2 Å². The number of pyridine rings is 1. The number of para-hydroxylation sites is 3. The van der Waals surface area contributed by atoms with Crippen molar-refractivity contribution >= 4 is 43.5 Å². The van der Waals surface area contributed by atoms with Gasteiger partial charge < -0.3 is 33.5 Å². The SMILES string of the molecule is C.C.C.CC.CC.CC.CC.COc1ccccc1COCCCOc1ccc(Br)cc1.COc1ccccc1COCCCOc1ccc(Br)cn1.Cc1ccccc1.Cc1ccccc1.ClCc1ccccc1.F.Oc1ccccc1.[2HH]. The molecule has 0 amide bonds. The summed E-state index contributed by atoms with van der Waals surface area (Å²) < 4.78 is 35.0. The molecule has 1 heterocycles. The Kier molecular flexibility index (Phi) is 68.9. The molecule has 1 aromatic heterocycles. The molecule has 8 nitrogen and oxygen atoms in total. The molecule has 8 rings (SSSR count). The molecule has 0 atom stereocenters. The van der Waals surface area contributed by atoms with Gasteiger partial charge in [0.05, 0.1) is 53.9 Å². The molecular formula is C71H105Br2ClFNO7. The number of phenols is 1. The number of aryl methyl sites for hydroxylation is 2. The molecule has 0 bridgehead atoms. The Morgan fingerprint density at radius 2 is 0.807 bits per heavy atom. The maximum Gasteiger partial charge on any atom is 0.213 e. The number of methoxy groups -OCH3 is 2. The lowest BCUT2D eigenvalue weighted by Gasteiger charge is -2.09. The van der Waals surface area contributed by atoms with Crippen LogP contribution in [0.15, 0.2) is 221 Å². The van der Waals surface area contributed by atoms with E-state index in [1.165, 1.54) is 16.7 Å². The summed E-state index contributed by atoms with van der Waals surface area (Å²) in [6.45, 7) is 23.8. The fraction of sp³-hybridized carbons (Fsp3) is 0.338. The van der Waals surface area contributed by atoms with Crippen LogP contribution >= 0.6 is 43.5 Å². The third kappa shape index (κ3) is 49.0.